The van der Waals surface area contributed by atoms with Gasteiger partial charge in [-0.3, -0.25) is 10.1 Å². The summed E-state index contributed by atoms with van der Waals surface area (Å²) in [4.78, 5) is 13.5. The molecule has 0 aliphatic rings. The topological polar surface area (TPSA) is 82.3 Å². The molecule has 5 aromatic rings. The SMILES string of the molecule is C=C(CCC)Nc1cncc(C(=C)/C=c2/c(-c3nc4c(-c5ccc(F)s5)cccc4[nH]3)n[nH]/c2=C/C)c1. The van der Waals surface area contributed by atoms with Gasteiger partial charge in [0, 0.05) is 33.1 Å². The Bertz CT molecular complexity index is 1740. The molecule has 4 heterocycles. The van der Waals surface area contributed by atoms with Crippen LogP contribution in [0.25, 0.3) is 50.7 Å². The van der Waals surface area contributed by atoms with Crippen molar-refractivity contribution in [3.05, 3.63) is 88.9 Å². The first-order valence-electron chi connectivity index (χ1n) is 12.0. The van der Waals surface area contributed by atoms with Crippen LogP contribution >= 0.6 is 11.3 Å². The van der Waals surface area contributed by atoms with Gasteiger partial charge in [-0.05, 0) is 49.3 Å². The second-order valence-corrected chi connectivity index (χ2v) is 9.72. The molecule has 3 N–H and O–H groups in total. The smallest absolute Gasteiger partial charge is 0.176 e. The highest BCUT2D eigenvalue weighted by atomic mass is 32.1. The van der Waals surface area contributed by atoms with Crippen molar-refractivity contribution in [2.45, 2.75) is 26.7 Å². The number of benzene rings is 1. The molecular weight excluding hydrogens is 483 g/mol. The number of nitrogens with one attached hydrogen (secondary N) is 3. The lowest BCUT2D eigenvalue weighted by Gasteiger charge is -2.09. The van der Waals surface area contributed by atoms with Gasteiger partial charge in [0.2, 0.25) is 0 Å². The van der Waals surface area contributed by atoms with Gasteiger partial charge in [0.1, 0.15) is 5.69 Å². The van der Waals surface area contributed by atoms with E-state index in [9.17, 15) is 4.39 Å². The van der Waals surface area contributed by atoms with Crippen molar-refractivity contribution in [1.82, 2.24) is 25.1 Å². The summed E-state index contributed by atoms with van der Waals surface area (Å²) < 4.78 is 13.7. The molecule has 0 aliphatic carbocycles. The van der Waals surface area contributed by atoms with Crippen LogP contribution in [0.2, 0.25) is 0 Å². The summed E-state index contributed by atoms with van der Waals surface area (Å²) in [6, 6.07) is 11.1. The fourth-order valence-electron chi connectivity index (χ4n) is 4.22. The third-order valence-corrected chi connectivity index (χ3v) is 6.91. The van der Waals surface area contributed by atoms with Crippen molar-refractivity contribution < 1.29 is 4.39 Å². The molecule has 4 aromatic heterocycles. The molecule has 0 spiro atoms. The molecule has 0 unspecified atom stereocenters. The maximum Gasteiger partial charge on any atom is 0.176 e. The van der Waals surface area contributed by atoms with Crippen LogP contribution in [0.4, 0.5) is 10.1 Å². The first kappa shape index (κ1) is 24.4. The van der Waals surface area contributed by atoms with E-state index in [0.29, 0.717) is 11.5 Å². The van der Waals surface area contributed by atoms with E-state index in [-0.39, 0.29) is 5.13 Å². The van der Waals surface area contributed by atoms with Crippen molar-refractivity contribution in [3.63, 3.8) is 0 Å². The average Bonchev–Trinajstić information content (AvgIpc) is 3.61. The van der Waals surface area contributed by atoms with Gasteiger partial charge in [0.25, 0.3) is 0 Å². The first-order chi connectivity index (χ1) is 18.0. The van der Waals surface area contributed by atoms with Gasteiger partial charge < -0.3 is 10.3 Å². The van der Waals surface area contributed by atoms with E-state index in [2.05, 4.69) is 45.6 Å². The molecule has 0 radical (unpaired) electrons. The van der Waals surface area contributed by atoms with Crippen molar-refractivity contribution in [1.29, 1.82) is 0 Å². The number of hydrogen-bond acceptors (Lipinski definition) is 5. The molecule has 0 amide bonds. The number of pyridine rings is 1. The van der Waals surface area contributed by atoms with E-state index >= 15 is 0 Å². The Kier molecular flexibility index (Phi) is 6.83. The molecular formula is C29H27FN6S. The Labute approximate surface area is 218 Å². The Hall–Kier alpha value is -4.30. The molecule has 8 heteroatoms. The number of aromatic nitrogens is 5. The highest BCUT2D eigenvalue weighted by Crippen LogP contribution is 2.33. The van der Waals surface area contributed by atoms with E-state index < -0.39 is 0 Å². The highest BCUT2D eigenvalue weighted by molar-refractivity contribution is 7.14. The predicted octanol–water partition coefficient (Wildman–Crippen LogP) is 6.24. The van der Waals surface area contributed by atoms with Crippen molar-refractivity contribution in [2.24, 2.45) is 0 Å². The minimum Gasteiger partial charge on any atom is -0.358 e. The van der Waals surface area contributed by atoms with Crippen LogP contribution in [0.1, 0.15) is 32.3 Å². The number of nitrogens with zero attached hydrogens (tertiary/aromatic N) is 3. The van der Waals surface area contributed by atoms with Gasteiger partial charge in [-0.25, -0.2) is 4.98 Å². The van der Waals surface area contributed by atoms with Crippen molar-refractivity contribution in [3.8, 4) is 22.0 Å². The Balaban J connectivity index is 1.55. The summed E-state index contributed by atoms with van der Waals surface area (Å²) >= 11 is 1.10. The standard InChI is InChI=1S/C29H27FN6S/c1-5-8-18(4)32-20-14-19(15-31-16-20)17(3)13-22-23(6-2)35-36-28(22)29-33-24-10-7-9-21(27(24)34-29)25-11-12-26(30)37-25/h6-7,9-16,32,35H,3-5,8H2,1-2H3,(H,33,34)/b22-13+,23-6+. The fraction of sp³-hybridized carbons (Fsp3) is 0.138. The number of hydrogen-bond donors (Lipinski definition) is 3. The lowest BCUT2D eigenvalue weighted by atomic mass is 10.1. The zero-order chi connectivity index (χ0) is 25.9. The van der Waals surface area contributed by atoms with E-state index in [1.54, 1.807) is 18.5 Å². The lowest BCUT2D eigenvalue weighted by molar-refractivity contribution is 0.657. The van der Waals surface area contributed by atoms with Gasteiger partial charge in [-0.1, -0.05) is 44.7 Å². The van der Waals surface area contributed by atoms with Gasteiger partial charge in [-0.15, -0.1) is 11.3 Å². The zero-order valence-electron chi connectivity index (χ0n) is 20.7. The molecule has 0 bridgehead atoms. The zero-order valence-corrected chi connectivity index (χ0v) is 21.5. The number of allylic oxidation sites excluding steroid dienone is 2. The molecule has 0 saturated heterocycles. The van der Waals surface area contributed by atoms with Crippen LogP contribution in [0.15, 0.2) is 67.6 Å². The largest absolute Gasteiger partial charge is 0.358 e. The molecule has 0 atom stereocenters. The number of halogens is 1. The second kappa shape index (κ2) is 10.4. The molecule has 0 fully saturated rings. The van der Waals surface area contributed by atoms with Crippen LogP contribution in [0.3, 0.4) is 0 Å². The Morgan fingerprint density at radius 1 is 1.19 bits per heavy atom. The number of fused-ring (bicyclic) bond motifs is 1. The normalized spacial score (nSPS) is 12.4. The van der Waals surface area contributed by atoms with Crippen LogP contribution in [0, 0.1) is 5.13 Å². The number of H-pyrrole nitrogens is 2. The molecule has 0 saturated carbocycles. The molecule has 186 valence electrons. The predicted molar refractivity (Wildman–Crippen MR) is 152 cm³/mol. The first-order valence-corrected chi connectivity index (χ1v) is 12.8. The molecule has 6 nitrogen and oxygen atoms in total. The van der Waals surface area contributed by atoms with E-state index in [1.165, 1.54) is 6.07 Å². The maximum atomic E-state index is 13.7. The summed E-state index contributed by atoms with van der Waals surface area (Å²) in [6.07, 6.45) is 9.42. The maximum absolute atomic E-state index is 13.7. The van der Waals surface area contributed by atoms with Crippen LogP contribution in [0.5, 0.6) is 0 Å². The summed E-state index contributed by atoms with van der Waals surface area (Å²) in [7, 11) is 0. The third-order valence-electron chi connectivity index (χ3n) is 6.00. The number of anilines is 1. The van der Waals surface area contributed by atoms with Crippen LogP contribution < -0.4 is 15.9 Å². The minimum atomic E-state index is -0.225. The number of para-hydroxylation sites is 1. The third kappa shape index (κ3) is 5.01. The monoisotopic (exact) mass is 510 g/mol. The van der Waals surface area contributed by atoms with Gasteiger partial charge in [-0.2, -0.15) is 9.49 Å². The van der Waals surface area contributed by atoms with Gasteiger partial charge in [0.05, 0.1) is 28.3 Å². The van der Waals surface area contributed by atoms with Crippen molar-refractivity contribution in [2.75, 3.05) is 5.32 Å². The number of rotatable bonds is 8. The summed E-state index contributed by atoms with van der Waals surface area (Å²) in [5.41, 5.74) is 6.66. The second-order valence-electron chi connectivity index (χ2n) is 8.69. The van der Waals surface area contributed by atoms with Gasteiger partial charge >= 0.3 is 0 Å². The van der Waals surface area contributed by atoms with E-state index in [4.69, 9.17) is 4.98 Å². The number of aromatic amines is 2. The molecule has 1 aromatic carbocycles. The summed E-state index contributed by atoms with van der Waals surface area (Å²) in [5, 5.41) is 12.5. The van der Waals surface area contributed by atoms with Crippen LogP contribution in [-0.2, 0) is 0 Å². The highest BCUT2D eigenvalue weighted by Gasteiger charge is 2.15. The average molecular weight is 511 g/mol. The molecule has 0 aliphatic heterocycles. The quantitative estimate of drug-likeness (QED) is 0.231. The van der Waals surface area contributed by atoms with Crippen LogP contribution in [-0.4, -0.2) is 25.1 Å². The van der Waals surface area contributed by atoms with Crippen molar-refractivity contribution >= 4 is 45.8 Å². The summed E-state index contributed by atoms with van der Waals surface area (Å²) in [6.45, 7) is 12.4. The van der Waals surface area contributed by atoms with E-state index in [0.717, 1.165) is 78.7 Å². The Morgan fingerprint density at radius 2 is 2.05 bits per heavy atom. The minimum absolute atomic E-state index is 0.225. The fourth-order valence-corrected chi connectivity index (χ4v) is 4.98. The summed E-state index contributed by atoms with van der Waals surface area (Å²) in [5.74, 6) is 0.618. The number of thiophene rings is 1. The number of imidazole rings is 1. The Morgan fingerprint density at radius 3 is 2.81 bits per heavy atom. The van der Waals surface area contributed by atoms with Gasteiger partial charge in [0.15, 0.2) is 11.0 Å². The molecule has 37 heavy (non-hydrogen) atoms. The van der Waals surface area contributed by atoms with E-state index in [1.807, 2.05) is 43.3 Å². The lowest BCUT2D eigenvalue weighted by Crippen LogP contribution is -2.23. The molecule has 5 rings (SSSR count).